The third kappa shape index (κ3) is 1.98. The number of hydrogen-bond acceptors (Lipinski definition) is 4. The van der Waals surface area contributed by atoms with Crippen LogP contribution < -0.4 is 16.9 Å². The van der Waals surface area contributed by atoms with E-state index in [9.17, 15) is 4.79 Å². The van der Waals surface area contributed by atoms with Gasteiger partial charge in [0.05, 0.1) is 5.56 Å². The molecule has 0 spiro atoms. The summed E-state index contributed by atoms with van der Waals surface area (Å²) in [5, 5.41) is 17.5. The molecule has 0 unspecified atom stereocenters. The minimum atomic E-state index is -1.59. The van der Waals surface area contributed by atoms with Gasteiger partial charge in [-0.25, -0.2) is 0 Å². The molecule has 0 heterocycles. The summed E-state index contributed by atoms with van der Waals surface area (Å²) >= 11 is 0. The van der Waals surface area contributed by atoms with Crippen LogP contribution in [0, 0.1) is 0 Å². The number of nitrogen functional groups attached to an aromatic ring is 1. The van der Waals surface area contributed by atoms with Crippen molar-refractivity contribution in [2.45, 2.75) is 0 Å². The molecule has 0 saturated heterocycles. The lowest BCUT2D eigenvalue weighted by Crippen LogP contribution is -2.30. The average molecular weight is 180 g/mol. The summed E-state index contributed by atoms with van der Waals surface area (Å²) in [4.78, 5) is 10.7. The van der Waals surface area contributed by atoms with Crippen LogP contribution in [0.3, 0.4) is 0 Å². The number of rotatable bonds is 2. The normalized spacial score (nSPS) is 9.69. The van der Waals surface area contributed by atoms with Gasteiger partial charge in [0.25, 0.3) is 5.91 Å². The zero-order valence-corrected chi connectivity index (χ0v) is 6.77. The monoisotopic (exact) mass is 180 g/mol. The van der Waals surface area contributed by atoms with Gasteiger partial charge in [0.1, 0.15) is 0 Å². The van der Waals surface area contributed by atoms with Crippen LogP contribution in [0.5, 0.6) is 0 Å². The van der Waals surface area contributed by atoms with Crippen LogP contribution in [0.4, 0.5) is 5.69 Å². The fourth-order valence-electron chi connectivity index (χ4n) is 0.966. The quantitative estimate of drug-likeness (QED) is 0.313. The van der Waals surface area contributed by atoms with Gasteiger partial charge in [-0.15, -0.1) is 0 Å². The Kier molecular flexibility index (Phi) is 2.55. The van der Waals surface area contributed by atoms with Gasteiger partial charge in [0.15, 0.2) is 0 Å². The molecule has 68 valence electrons. The highest BCUT2D eigenvalue weighted by Gasteiger charge is 2.13. The molecule has 1 aromatic rings. The Labute approximate surface area is 75.1 Å². The molecule has 0 fully saturated rings. The van der Waals surface area contributed by atoms with Crippen molar-refractivity contribution in [3.8, 4) is 0 Å². The van der Waals surface area contributed by atoms with E-state index in [-0.39, 0.29) is 16.7 Å². The van der Waals surface area contributed by atoms with Crippen molar-refractivity contribution >= 4 is 24.2 Å². The highest BCUT2D eigenvalue weighted by atomic mass is 16.4. The third-order valence-corrected chi connectivity index (χ3v) is 1.64. The van der Waals surface area contributed by atoms with E-state index in [0.717, 1.165) is 0 Å². The maximum Gasteiger partial charge on any atom is 0.488 e. The molecule has 0 atom stereocenters. The first-order valence-corrected chi connectivity index (χ1v) is 3.57. The first-order chi connectivity index (χ1) is 6.02. The number of primary amides is 1. The predicted octanol–water partition coefficient (Wildman–Crippen LogP) is -1.95. The summed E-state index contributed by atoms with van der Waals surface area (Å²) in [7, 11) is -1.59. The molecule has 0 radical (unpaired) electrons. The van der Waals surface area contributed by atoms with Gasteiger partial charge in [-0.05, 0) is 17.6 Å². The molecule has 0 aliphatic rings. The Morgan fingerprint density at radius 3 is 2.38 bits per heavy atom. The average Bonchev–Trinajstić information content (AvgIpc) is 2.03. The van der Waals surface area contributed by atoms with Gasteiger partial charge in [-0.3, -0.25) is 4.79 Å². The van der Waals surface area contributed by atoms with Crippen LogP contribution in [0.25, 0.3) is 0 Å². The molecule has 1 aromatic carbocycles. The maximum atomic E-state index is 10.7. The summed E-state index contributed by atoms with van der Waals surface area (Å²) in [6, 6.07) is 4.03. The number of anilines is 1. The number of amides is 1. The minimum absolute atomic E-state index is 0.137. The molecule has 5 nitrogen and oxygen atoms in total. The van der Waals surface area contributed by atoms with E-state index >= 15 is 0 Å². The largest absolute Gasteiger partial charge is 0.488 e. The van der Waals surface area contributed by atoms with Crippen molar-refractivity contribution in [1.29, 1.82) is 0 Å². The van der Waals surface area contributed by atoms with Crippen LogP contribution in [0.1, 0.15) is 10.4 Å². The van der Waals surface area contributed by atoms with Gasteiger partial charge in [-0.1, -0.05) is 6.07 Å². The molecular formula is C7H9BN2O3. The molecule has 1 rings (SSSR count). The Bertz CT molecular complexity index is 341. The number of hydrogen-bond donors (Lipinski definition) is 4. The third-order valence-electron chi connectivity index (χ3n) is 1.64. The Morgan fingerprint density at radius 2 is 2.00 bits per heavy atom. The smallest absolute Gasteiger partial charge is 0.423 e. The van der Waals surface area contributed by atoms with Gasteiger partial charge in [-0.2, -0.15) is 0 Å². The van der Waals surface area contributed by atoms with Crippen molar-refractivity contribution in [2.24, 2.45) is 5.73 Å². The molecule has 6 N–H and O–H groups in total. The molecule has 0 aliphatic carbocycles. The van der Waals surface area contributed by atoms with Gasteiger partial charge < -0.3 is 21.5 Å². The number of carbonyl (C=O) groups is 1. The van der Waals surface area contributed by atoms with E-state index < -0.39 is 13.0 Å². The van der Waals surface area contributed by atoms with E-state index in [4.69, 9.17) is 21.5 Å². The number of carbonyl (C=O) groups excluding carboxylic acids is 1. The van der Waals surface area contributed by atoms with E-state index in [1.54, 1.807) is 0 Å². The SMILES string of the molecule is NC(=O)c1ccc(B(O)O)cc1N. The highest BCUT2D eigenvalue weighted by Crippen LogP contribution is 2.07. The zero-order valence-electron chi connectivity index (χ0n) is 6.77. The molecule has 0 aromatic heterocycles. The number of nitrogens with two attached hydrogens (primary N) is 2. The summed E-state index contributed by atoms with van der Waals surface area (Å²) in [6.07, 6.45) is 0. The van der Waals surface area contributed by atoms with E-state index in [1.165, 1.54) is 18.2 Å². The summed E-state index contributed by atoms with van der Waals surface area (Å²) in [5.74, 6) is -0.642. The van der Waals surface area contributed by atoms with Crippen molar-refractivity contribution in [2.75, 3.05) is 5.73 Å². The van der Waals surface area contributed by atoms with Gasteiger partial charge in [0, 0.05) is 5.69 Å². The first kappa shape index (κ1) is 9.56. The predicted molar refractivity (Wildman–Crippen MR) is 49.2 cm³/mol. The second kappa shape index (κ2) is 3.46. The second-order valence-electron chi connectivity index (χ2n) is 2.58. The van der Waals surface area contributed by atoms with E-state index in [2.05, 4.69) is 0 Å². The molecular weight excluding hydrogens is 171 g/mol. The molecule has 0 bridgehead atoms. The Balaban J connectivity index is 3.13. The lowest BCUT2D eigenvalue weighted by molar-refractivity contribution is 0.100. The molecule has 13 heavy (non-hydrogen) atoms. The van der Waals surface area contributed by atoms with Crippen LogP contribution in [0.15, 0.2) is 18.2 Å². The standard InChI is InChI=1S/C7H9BN2O3/c9-6-3-4(8(12)13)1-2-5(6)7(10)11/h1-3,12-13H,9H2,(H2,10,11). The molecule has 1 amide bonds. The summed E-state index contributed by atoms with van der Waals surface area (Å²) in [6.45, 7) is 0. The molecule has 6 heteroatoms. The van der Waals surface area contributed by atoms with Crippen molar-refractivity contribution < 1.29 is 14.8 Å². The lowest BCUT2D eigenvalue weighted by atomic mass is 9.79. The second-order valence-corrected chi connectivity index (χ2v) is 2.58. The van der Waals surface area contributed by atoms with Gasteiger partial charge in [0.2, 0.25) is 0 Å². The van der Waals surface area contributed by atoms with Crippen LogP contribution in [0.2, 0.25) is 0 Å². The van der Waals surface area contributed by atoms with E-state index in [1.807, 2.05) is 0 Å². The van der Waals surface area contributed by atoms with Crippen molar-refractivity contribution in [3.63, 3.8) is 0 Å². The zero-order chi connectivity index (χ0) is 10.0. The van der Waals surface area contributed by atoms with E-state index in [0.29, 0.717) is 0 Å². The molecule has 0 saturated carbocycles. The minimum Gasteiger partial charge on any atom is -0.423 e. The molecule has 0 aliphatic heterocycles. The van der Waals surface area contributed by atoms with Crippen LogP contribution >= 0.6 is 0 Å². The maximum absolute atomic E-state index is 10.7. The van der Waals surface area contributed by atoms with Crippen molar-refractivity contribution in [3.05, 3.63) is 23.8 Å². The van der Waals surface area contributed by atoms with Crippen molar-refractivity contribution in [1.82, 2.24) is 0 Å². The first-order valence-electron chi connectivity index (χ1n) is 3.57. The fraction of sp³-hybridized carbons (Fsp3) is 0. The lowest BCUT2D eigenvalue weighted by Gasteiger charge is -2.04. The topological polar surface area (TPSA) is 110 Å². The highest BCUT2D eigenvalue weighted by molar-refractivity contribution is 6.58. The van der Waals surface area contributed by atoms with Crippen LogP contribution in [-0.4, -0.2) is 23.1 Å². The summed E-state index contributed by atoms with van der Waals surface area (Å²) in [5.41, 5.74) is 11.0. The van der Waals surface area contributed by atoms with Crippen LogP contribution in [-0.2, 0) is 0 Å². The Hall–Kier alpha value is -1.53. The summed E-state index contributed by atoms with van der Waals surface area (Å²) < 4.78 is 0. The Morgan fingerprint density at radius 1 is 1.38 bits per heavy atom. The van der Waals surface area contributed by atoms with Gasteiger partial charge >= 0.3 is 7.12 Å². The fourth-order valence-corrected chi connectivity index (χ4v) is 0.966. The number of benzene rings is 1.